The Morgan fingerprint density at radius 2 is 2.25 bits per heavy atom. The number of ketones is 1. The average Bonchev–Trinajstić information content (AvgIpc) is 3.01. The van der Waals surface area contributed by atoms with Gasteiger partial charge in [0.25, 0.3) is 0 Å². The molecule has 3 unspecified atom stereocenters. The Kier molecular flexibility index (Phi) is 3.31. The van der Waals surface area contributed by atoms with E-state index in [0.717, 1.165) is 16.5 Å². The van der Waals surface area contributed by atoms with Gasteiger partial charge in [0.1, 0.15) is 11.7 Å². The van der Waals surface area contributed by atoms with Gasteiger partial charge < -0.3 is 9.84 Å². The molecule has 1 aromatic carbocycles. The van der Waals surface area contributed by atoms with Crippen LogP contribution in [0.2, 0.25) is 0 Å². The fourth-order valence-electron chi connectivity index (χ4n) is 3.52. The minimum Gasteiger partial charge on any atom is -0.388 e. The lowest BCUT2D eigenvalue weighted by Gasteiger charge is -2.32. The molecule has 0 radical (unpaired) electrons. The molecular weight excluding hydrogens is 320 g/mol. The molecule has 3 atom stereocenters. The highest BCUT2D eigenvalue weighted by Gasteiger charge is 2.65. The number of hydrogen-bond donors (Lipinski definition) is 1. The number of Topliss-reactive ketones (excluding diaryl/α,β-unsaturated/α-hetero) is 1. The molecule has 0 spiro atoms. The van der Waals surface area contributed by atoms with Crippen LogP contribution in [0, 0.1) is 5.41 Å². The largest absolute Gasteiger partial charge is 0.388 e. The van der Waals surface area contributed by atoms with Crippen LogP contribution in [0.1, 0.15) is 44.8 Å². The van der Waals surface area contributed by atoms with Crippen molar-refractivity contribution in [3.63, 3.8) is 0 Å². The van der Waals surface area contributed by atoms with Crippen molar-refractivity contribution >= 4 is 21.7 Å². The number of carbonyl (C=O) groups excluding carboxylic acids is 1. The molecule has 1 saturated carbocycles. The van der Waals surface area contributed by atoms with Gasteiger partial charge in [-0.2, -0.15) is 0 Å². The molecule has 4 heteroatoms. The first kappa shape index (κ1) is 14.2. The number of aliphatic hydroxyl groups is 1. The molecule has 1 aliphatic heterocycles. The lowest BCUT2D eigenvalue weighted by atomic mass is 9.70. The second-order valence-electron chi connectivity index (χ2n) is 6.82. The van der Waals surface area contributed by atoms with Gasteiger partial charge in [-0.05, 0) is 29.5 Å². The zero-order valence-corrected chi connectivity index (χ0v) is 13.3. The van der Waals surface area contributed by atoms with Crippen LogP contribution in [-0.4, -0.2) is 22.6 Å². The summed E-state index contributed by atoms with van der Waals surface area (Å²) in [4.78, 5) is 12.0. The third-order valence-corrected chi connectivity index (χ3v) is 4.76. The predicted molar refractivity (Wildman–Crippen MR) is 79.3 cm³/mol. The Bertz CT molecular complexity index is 554. The number of halogens is 1. The fraction of sp³-hybridized carbons (Fsp3) is 0.562. The molecule has 1 heterocycles. The minimum absolute atomic E-state index is 0.0406. The second kappa shape index (κ2) is 4.65. The lowest BCUT2D eigenvalue weighted by Crippen LogP contribution is -2.37. The molecule has 1 saturated heterocycles. The van der Waals surface area contributed by atoms with Gasteiger partial charge in [0, 0.05) is 17.3 Å². The quantitative estimate of drug-likeness (QED) is 0.859. The lowest BCUT2D eigenvalue weighted by molar-refractivity contribution is -0.123. The molecule has 1 aliphatic carbocycles. The van der Waals surface area contributed by atoms with Crippen LogP contribution in [0.5, 0.6) is 0 Å². The summed E-state index contributed by atoms with van der Waals surface area (Å²) in [7, 11) is 0. The Hall–Kier alpha value is -0.710. The van der Waals surface area contributed by atoms with E-state index in [1.807, 2.05) is 24.3 Å². The standard InChI is InChI=1S/C16H19BrO3/c1-15(2)7-13(19)14-16(9-15,20-14)8-12(18)10-4-3-5-11(17)6-10/h3-6,12,14,18H,7-9H2,1-2H3. The molecule has 108 valence electrons. The van der Waals surface area contributed by atoms with E-state index in [2.05, 4.69) is 29.8 Å². The molecule has 3 rings (SSSR count). The zero-order valence-electron chi connectivity index (χ0n) is 11.7. The highest BCUT2D eigenvalue weighted by molar-refractivity contribution is 9.10. The van der Waals surface area contributed by atoms with Crippen LogP contribution in [-0.2, 0) is 9.53 Å². The zero-order chi connectivity index (χ0) is 14.5. The van der Waals surface area contributed by atoms with E-state index in [1.54, 1.807) is 0 Å². The summed E-state index contributed by atoms with van der Waals surface area (Å²) < 4.78 is 6.66. The van der Waals surface area contributed by atoms with E-state index >= 15 is 0 Å². The van der Waals surface area contributed by atoms with Gasteiger partial charge in [-0.1, -0.05) is 41.9 Å². The van der Waals surface area contributed by atoms with Crippen molar-refractivity contribution in [2.24, 2.45) is 5.41 Å². The molecule has 2 aliphatic rings. The van der Waals surface area contributed by atoms with Crippen molar-refractivity contribution in [3.05, 3.63) is 34.3 Å². The van der Waals surface area contributed by atoms with E-state index in [9.17, 15) is 9.90 Å². The summed E-state index contributed by atoms with van der Waals surface area (Å²) in [6.07, 6.45) is 1.01. The molecule has 0 aromatic heterocycles. The molecule has 0 amide bonds. The molecule has 0 bridgehead atoms. The summed E-state index contributed by atoms with van der Waals surface area (Å²) in [6, 6.07) is 7.65. The smallest absolute Gasteiger partial charge is 0.165 e. The van der Waals surface area contributed by atoms with Crippen LogP contribution in [0.25, 0.3) is 0 Å². The Morgan fingerprint density at radius 3 is 2.95 bits per heavy atom. The van der Waals surface area contributed by atoms with E-state index in [0.29, 0.717) is 12.8 Å². The SMILES string of the molecule is CC1(C)CC(=O)C2OC2(CC(O)c2cccc(Br)c2)C1. The Balaban J connectivity index is 1.77. The van der Waals surface area contributed by atoms with Gasteiger partial charge in [0.2, 0.25) is 0 Å². The second-order valence-corrected chi connectivity index (χ2v) is 7.74. The van der Waals surface area contributed by atoms with Crippen LogP contribution >= 0.6 is 15.9 Å². The van der Waals surface area contributed by atoms with Crippen LogP contribution in [0.15, 0.2) is 28.7 Å². The predicted octanol–water partition coefficient (Wildman–Crippen LogP) is 3.40. The van der Waals surface area contributed by atoms with Crippen molar-refractivity contribution in [2.45, 2.75) is 50.9 Å². The maximum atomic E-state index is 12.0. The number of fused-ring (bicyclic) bond motifs is 1. The number of benzene rings is 1. The molecule has 3 nitrogen and oxygen atoms in total. The number of carbonyl (C=O) groups is 1. The van der Waals surface area contributed by atoms with Gasteiger partial charge in [0.15, 0.2) is 5.78 Å². The maximum absolute atomic E-state index is 12.0. The average molecular weight is 339 g/mol. The van der Waals surface area contributed by atoms with Gasteiger partial charge >= 0.3 is 0 Å². The Morgan fingerprint density at radius 1 is 1.50 bits per heavy atom. The van der Waals surface area contributed by atoms with E-state index in [1.165, 1.54) is 0 Å². The van der Waals surface area contributed by atoms with E-state index < -0.39 is 11.7 Å². The molecular formula is C16H19BrO3. The van der Waals surface area contributed by atoms with Crippen LogP contribution in [0.3, 0.4) is 0 Å². The maximum Gasteiger partial charge on any atom is 0.165 e. The highest BCUT2D eigenvalue weighted by atomic mass is 79.9. The van der Waals surface area contributed by atoms with Crippen molar-refractivity contribution < 1.29 is 14.6 Å². The first-order chi connectivity index (χ1) is 9.31. The van der Waals surface area contributed by atoms with Gasteiger partial charge in [0.05, 0.1) is 6.10 Å². The van der Waals surface area contributed by atoms with Crippen molar-refractivity contribution in [1.29, 1.82) is 0 Å². The summed E-state index contributed by atoms with van der Waals surface area (Å²) in [5, 5.41) is 10.4. The number of aliphatic hydroxyl groups excluding tert-OH is 1. The normalized spacial score (nSPS) is 32.6. The third-order valence-electron chi connectivity index (χ3n) is 4.27. The summed E-state index contributed by atoms with van der Waals surface area (Å²) in [5.41, 5.74) is 0.376. The summed E-state index contributed by atoms with van der Waals surface area (Å²) >= 11 is 3.41. The van der Waals surface area contributed by atoms with E-state index in [4.69, 9.17) is 4.74 Å². The fourth-order valence-corrected chi connectivity index (χ4v) is 3.93. The van der Waals surface area contributed by atoms with Gasteiger partial charge in [-0.15, -0.1) is 0 Å². The Labute approximate surface area is 127 Å². The number of ether oxygens (including phenoxy) is 1. The first-order valence-electron chi connectivity index (χ1n) is 6.95. The molecule has 1 N–H and O–H groups in total. The van der Waals surface area contributed by atoms with Crippen molar-refractivity contribution in [1.82, 2.24) is 0 Å². The van der Waals surface area contributed by atoms with Gasteiger partial charge in [-0.3, -0.25) is 4.79 Å². The highest BCUT2D eigenvalue weighted by Crippen LogP contribution is 2.56. The number of hydrogen-bond acceptors (Lipinski definition) is 3. The molecule has 20 heavy (non-hydrogen) atoms. The van der Waals surface area contributed by atoms with Crippen molar-refractivity contribution in [2.75, 3.05) is 0 Å². The van der Waals surface area contributed by atoms with Crippen LogP contribution in [0.4, 0.5) is 0 Å². The number of rotatable bonds is 3. The van der Waals surface area contributed by atoms with Gasteiger partial charge in [-0.25, -0.2) is 0 Å². The van der Waals surface area contributed by atoms with E-state index in [-0.39, 0.29) is 17.3 Å². The molecule has 1 aromatic rings. The summed E-state index contributed by atoms with van der Waals surface area (Å²) in [5.74, 6) is 0.183. The molecule has 2 fully saturated rings. The first-order valence-corrected chi connectivity index (χ1v) is 7.75. The topological polar surface area (TPSA) is 49.8 Å². The van der Waals surface area contributed by atoms with Crippen LogP contribution < -0.4 is 0 Å². The van der Waals surface area contributed by atoms with Crippen molar-refractivity contribution in [3.8, 4) is 0 Å². The number of epoxide rings is 1. The monoisotopic (exact) mass is 338 g/mol. The minimum atomic E-state index is -0.598. The summed E-state index contributed by atoms with van der Waals surface area (Å²) in [6.45, 7) is 4.19. The third kappa shape index (κ3) is 2.57.